The fourth-order valence-corrected chi connectivity index (χ4v) is 7.11. The lowest BCUT2D eigenvalue weighted by molar-refractivity contribution is 0.426. The van der Waals surface area contributed by atoms with Crippen LogP contribution in [0.5, 0.6) is 0 Å². The monoisotopic (exact) mass is 604 g/mol. The van der Waals surface area contributed by atoms with E-state index in [9.17, 15) is 10.0 Å². The first kappa shape index (κ1) is 27.4. The number of rotatable bonds is 5. The zero-order valence-electron chi connectivity index (χ0n) is 25.5. The van der Waals surface area contributed by atoms with Crippen LogP contribution in [0.1, 0.15) is 0 Å². The summed E-state index contributed by atoms with van der Waals surface area (Å²) in [4.78, 5) is 0. The van der Waals surface area contributed by atoms with Crippen molar-refractivity contribution in [1.82, 2.24) is 9.13 Å². The molecule has 5 heteroatoms. The van der Waals surface area contributed by atoms with Gasteiger partial charge in [0.1, 0.15) is 0 Å². The second-order valence-corrected chi connectivity index (χ2v) is 12.1. The molecule has 222 valence electrons. The molecule has 9 rings (SSSR count). The fraction of sp³-hybridized carbons (Fsp3) is 0. The summed E-state index contributed by atoms with van der Waals surface area (Å²) in [6.07, 6.45) is 0. The zero-order valence-corrected chi connectivity index (χ0v) is 25.5. The van der Waals surface area contributed by atoms with Crippen molar-refractivity contribution < 1.29 is 10.0 Å². The maximum absolute atomic E-state index is 10.1. The van der Waals surface area contributed by atoms with Gasteiger partial charge in [-0.1, -0.05) is 103 Å². The minimum atomic E-state index is -1.55. The molecule has 2 heterocycles. The van der Waals surface area contributed by atoms with Gasteiger partial charge in [-0.05, 0) is 88.4 Å². The average Bonchev–Trinajstić information content (AvgIpc) is 3.64. The standard InChI is InChI=1S/C42H29BN2O2/c46-43(47)32-18-22-41-37(26-32)38-27-34(19-23-42(38)44(41)33-14-8-3-9-15-33)45-39-20-16-30(28-10-4-1-5-11-28)24-35(39)36-25-31(17-21-40(36)45)29-12-6-2-7-13-29/h1-27,46-47H. The minimum absolute atomic E-state index is 0.466. The molecule has 0 aliphatic rings. The maximum Gasteiger partial charge on any atom is 0.488 e. The Bertz CT molecular complexity index is 2490. The quantitative estimate of drug-likeness (QED) is 0.193. The molecule has 0 saturated heterocycles. The number of fused-ring (bicyclic) bond motifs is 6. The van der Waals surface area contributed by atoms with E-state index in [-0.39, 0.29) is 0 Å². The summed E-state index contributed by atoms with van der Waals surface area (Å²) in [6, 6.07) is 57.1. The van der Waals surface area contributed by atoms with Gasteiger partial charge in [-0.2, -0.15) is 0 Å². The molecule has 0 aliphatic heterocycles. The van der Waals surface area contributed by atoms with E-state index < -0.39 is 7.12 Å². The molecule has 2 aromatic heterocycles. The molecule has 0 unspecified atom stereocenters. The highest BCUT2D eigenvalue weighted by molar-refractivity contribution is 6.59. The van der Waals surface area contributed by atoms with E-state index in [0.29, 0.717) is 5.46 Å². The second-order valence-electron chi connectivity index (χ2n) is 12.1. The molecule has 0 spiro atoms. The molecule has 0 aliphatic carbocycles. The SMILES string of the molecule is OB(O)c1ccc2c(c1)c1cc(-n3c4ccc(-c5ccccc5)cc4c4cc(-c5ccccc5)ccc43)ccc1n2-c1ccccc1. The van der Waals surface area contributed by atoms with Crippen LogP contribution in [0.25, 0.3) is 77.2 Å². The van der Waals surface area contributed by atoms with Gasteiger partial charge < -0.3 is 19.2 Å². The van der Waals surface area contributed by atoms with Crippen LogP contribution in [-0.4, -0.2) is 26.3 Å². The van der Waals surface area contributed by atoms with E-state index in [1.807, 2.05) is 30.3 Å². The van der Waals surface area contributed by atoms with Crippen LogP contribution in [0.2, 0.25) is 0 Å². The maximum atomic E-state index is 10.1. The molecule has 0 atom stereocenters. The third kappa shape index (κ3) is 4.48. The number of para-hydroxylation sites is 1. The molecule has 0 fully saturated rings. The molecular formula is C42H29BN2O2. The van der Waals surface area contributed by atoms with E-state index in [2.05, 4.69) is 137 Å². The molecule has 9 aromatic rings. The van der Waals surface area contributed by atoms with Crippen molar-refractivity contribution in [3.63, 3.8) is 0 Å². The number of benzene rings is 7. The molecule has 2 N–H and O–H groups in total. The van der Waals surface area contributed by atoms with E-state index in [0.717, 1.165) is 44.2 Å². The van der Waals surface area contributed by atoms with Crippen LogP contribution in [0.4, 0.5) is 0 Å². The number of hydrogen-bond donors (Lipinski definition) is 2. The van der Waals surface area contributed by atoms with Crippen molar-refractivity contribution in [2.45, 2.75) is 0 Å². The summed E-state index contributed by atoms with van der Waals surface area (Å²) < 4.78 is 4.59. The van der Waals surface area contributed by atoms with Gasteiger partial charge in [0, 0.05) is 32.9 Å². The number of nitrogens with zero attached hydrogens (tertiary/aromatic N) is 2. The van der Waals surface area contributed by atoms with Crippen molar-refractivity contribution >= 4 is 56.2 Å². The van der Waals surface area contributed by atoms with Gasteiger partial charge >= 0.3 is 7.12 Å². The smallest absolute Gasteiger partial charge is 0.423 e. The lowest BCUT2D eigenvalue weighted by Gasteiger charge is -2.11. The fourth-order valence-electron chi connectivity index (χ4n) is 7.11. The summed E-state index contributed by atoms with van der Waals surface area (Å²) in [7, 11) is -1.55. The van der Waals surface area contributed by atoms with E-state index in [1.54, 1.807) is 6.07 Å². The van der Waals surface area contributed by atoms with Crippen LogP contribution in [-0.2, 0) is 0 Å². The second kappa shape index (κ2) is 10.9. The van der Waals surface area contributed by atoms with Gasteiger partial charge in [-0.3, -0.25) is 0 Å². The average molecular weight is 605 g/mol. The molecule has 0 bridgehead atoms. The summed E-state index contributed by atoms with van der Waals surface area (Å²) in [6.45, 7) is 0. The highest BCUT2D eigenvalue weighted by atomic mass is 16.4. The van der Waals surface area contributed by atoms with Crippen molar-refractivity contribution in [1.29, 1.82) is 0 Å². The molecular weight excluding hydrogens is 575 g/mol. The Kier molecular flexibility index (Phi) is 6.35. The van der Waals surface area contributed by atoms with Crippen LogP contribution in [0.15, 0.2) is 164 Å². The highest BCUT2D eigenvalue weighted by Gasteiger charge is 2.19. The summed E-state index contributed by atoms with van der Waals surface area (Å²) in [5.41, 5.74) is 11.6. The van der Waals surface area contributed by atoms with Crippen molar-refractivity contribution in [3.8, 4) is 33.6 Å². The van der Waals surface area contributed by atoms with Gasteiger partial charge in [-0.15, -0.1) is 0 Å². The molecule has 4 nitrogen and oxygen atoms in total. The van der Waals surface area contributed by atoms with Gasteiger partial charge in [0.15, 0.2) is 0 Å². The largest absolute Gasteiger partial charge is 0.488 e. The van der Waals surface area contributed by atoms with Crippen LogP contribution in [0, 0.1) is 0 Å². The third-order valence-corrected chi connectivity index (χ3v) is 9.32. The molecule has 7 aromatic carbocycles. The zero-order chi connectivity index (χ0) is 31.5. The van der Waals surface area contributed by atoms with Crippen LogP contribution >= 0.6 is 0 Å². The highest BCUT2D eigenvalue weighted by Crippen LogP contribution is 2.39. The first-order valence-corrected chi connectivity index (χ1v) is 15.8. The molecule has 0 amide bonds. The molecule has 0 saturated carbocycles. The topological polar surface area (TPSA) is 50.3 Å². The Hall–Kier alpha value is -5.88. The van der Waals surface area contributed by atoms with Crippen molar-refractivity contribution in [2.24, 2.45) is 0 Å². The third-order valence-electron chi connectivity index (χ3n) is 9.32. The molecule has 0 radical (unpaired) electrons. The van der Waals surface area contributed by atoms with Crippen molar-refractivity contribution in [2.75, 3.05) is 0 Å². The van der Waals surface area contributed by atoms with Gasteiger partial charge in [-0.25, -0.2) is 0 Å². The number of aromatic nitrogens is 2. The minimum Gasteiger partial charge on any atom is -0.423 e. The van der Waals surface area contributed by atoms with Crippen LogP contribution in [0.3, 0.4) is 0 Å². The lowest BCUT2D eigenvalue weighted by atomic mass is 9.80. The van der Waals surface area contributed by atoms with E-state index in [4.69, 9.17) is 0 Å². The summed E-state index contributed by atoms with van der Waals surface area (Å²) in [5.74, 6) is 0. The molecule has 47 heavy (non-hydrogen) atoms. The first-order chi connectivity index (χ1) is 23.1. The Morgan fingerprint density at radius 2 is 0.766 bits per heavy atom. The Labute approximate surface area is 272 Å². The predicted molar refractivity (Wildman–Crippen MR) is 196 cm³/mol. The normalized spacial score (nSPS) is 11.6. The number of hydrogen-bond acceptors (Lipinski definition) is 2. The van der Waals surface area contributed by atoms with E-state index >= 15 is 0 Å². The first-order valence-electron chi connectivity index (χ1n) is 15.8. The summed E-state index contributed by atoms with van der Waals surface area (Å²) in [5, 5.41) is 24.5. The Balaban J connectivity index is 1.33. The van der Waals surface area contributed by atoms with Gasteiger partial charge in [0.2, 0.25) is 0 Å². The Morgan fingerprint density at radius 1 is 0.340 bits per heavy atom. The predicted octanol–water partition coefficient (Wildman–Crippen LogP) is 8.89. The Morgan fingerprint density at radius 3 is 1.30 bits per heavy atom. The van der Waals surface area contributed by atoms with Gasteiger partial charge in [0.05, 0.1) is 22.1 Å². The van der Waals surface area contributed by atoms with Gasteiger partial charge in [0.25, 0.3) is 0 Å². The summed E-state index contributed by atoms with van der Waals surface area (Å²) >= 11 is 0. The lowest BCUT2D eigenvalue weighted by Crippen LogP contribution is -2.29. The van der Waals surface area contributed by atoms with Crippen molar-refractivity contribution in [3.05, 3.63) is 164 Å². The van der Waals surface area contributed by atoms with E-state index in [1.165, 1.54) is 33.0 Å². The van der Waals surface area contributed by atoms with Crippen LogP contribution < -0.4 is 5.46 Å².